The van der Waals surface area contributed by atoms with Crippen molar-refractivity contribution in [3.8, 4) is 0 Å². The molecule has 21 heavy (non-hydrogen) atoms. The molecular weight excluding hydrogens is 256 g/mol. The molecule has 110 valence electrons. The number of aryl methyl sites for hydroxylation is 2. The smallest absolute Gasteiger partial charge is 0.0664 e. The lowest BCUT2D eigenvalue weighted by molar-refractivity contribution is 0.587. The Labute approximate surface area is 127 Å². The van der Waals surface area contributed by atoms with E-state index in [1.807, 2.05) is 0 Å². The Morgan fingerprint density at radius 1 is 1.10 bits per heavy atom. The van der Waals surface area contributed by atoms with E-state index in [4.69, 9.17) is 5.73 Å². The highest BCUT2D eigenvalue weighted by Gasteiger charge is 2.24. The van der Waals surface area contributed by atoms with Crippen LogP contribution < -0.4 is 10.6 Å². The topological polar surface area (TPSA) is 29.3 Å². The van der Waals surface area contributed by atoms with Gasteiger partial charge in [0.25, 0.3) is 0 Å². The van der Waals surface area contributed by atoms with Gasteiger partial charge in [-0.15, -0.1) is 0 Å². The Morgan fingerprint density at radius 3 is 2.57 bits per heavy atom. The molecule has 2 N–H and O–H groups in total. The fourth-order valence-electron chi connectivity index (χ4n) is 3.31. The lowest BCUT2D eigenvalue weighted by Gasteiger charge is -2.37. The van der Waals surface area contributed by atoms with E-state index >= 15 is 0 Å². The van der Waals surface area contributed by atoms with Crippen LogP contribution in [0.2, 0.25) is 0 Å². The SMILES string of the molecule is CCc1ccc(C(CN)N2CCCc3ccccc32)cc1. The average Bonchev–Trinajstić information content (AvgIpc) is 2.56. The van der Waals surface area contributed by atoms with Gasteiger partial charge in [0.2, 0.25) is 0 Å². The van der Waals surface area contributed by atoms with Crippen molar-refractivity contribution < 1.29 is 0 Å². The predicted octanol–water partition coefficient (Wildman–Crippen LogP) is 3.70. The largest absolute Gasteiger partial charge is 0.363 e. The lowest BCUT2D eigenvalue weighted by Crippen LogP contribution is -2.37. The summed E-state index contributed by atoms with van der Waals surface area (Å²) in [5, 5.41) is 0. The summed E-state index contributed by atoms with van der Waals surface area (Å²) >= 11 is 0. The highest BCUT2D eigenvalue weighted by molar-refractivity contribution is 5.57. The normalized spacial score (nSPS) is 15.6. The summed E-state index contributed by atoms with van der Waals surface area (Å²) in [6.07, 6.45) is 3.47. The van der Waals surface area contributed by atoms with Crippen LogP contribution in [-0.2, 0) is 12.8 Å². The Balaban J connectivity index is 1.93. The van der Waals surface area contributed by atoms with Crippen molar-refractivity contribution in [2.75, 3.05) is 18.0 Å². The molecule has 0 saturated heterocycles. The zero-order valence-corrected chi connectivity index (χ0v) is 12.8. The first-order valence-corrected chi connectivity index (χ1v) is 7.97. The third kappa shape index (κ3) is 2.81. The summed E-state index contributed by atoms with van der Waals surface area (Å²) < 4.78 is 0. The van der Waals surface area contributed by atoms with Gasteiger partial charge in [-0.1, -0.05) is 49.4 Å². The molecule has 0 saturated carbocycles. The van der Waals surface area contributed by atoms with Crippen molar-refractivity contribution in [3.05, 3.63) is 65.2 Å². The monoisotopic (exact) mass is 280 g/mol. The summed E-state index contributed by atoms with van der Waals surface area (Å²) in [7, 11) is 0. The Morgan fingerprint density at radius 2 is 1.86 bits per heavy atom. The minimum atomic E-state index is 0.275. The van der Waals surface area contributed by atoms with Crippen LogP contribution in [0, 0.1) is 0 Å². The summed E-state index contributed by atoms with van der Waals surface area (Å²) in [6.45, 7) is 3.94. The van der Waals surface area contributed by atoms with Gasteiger partial charge in [0.15, 0.2) is 0 Å². The maximum atomic E-state index is 6.12. The van der Waals surface area contributed by atoms with Crippen molar-refractivity contribution in [2.24, 2.45) is 5.73 Å². The minimum Gasteiger partial charge on any atom is -0.363 e. The van der Waals surface area contributed by atoms with Crippen molar-refractivity contribution in [3.63, 3.8) is 0 Å². The van der Waals surface area contributed by atoms with Crippen LogP contribution in [0.3, 0.4) is 0 Å². The van der Waals surface area contributed by atoms with E-state index in [1.54, 1.807) is 0 Å². The minimum absolute atomic E-state index is 0.275. The molecular formula is C19H24N2. The zero-order valence-electron chi connectivity index (χ0n) is 12.8. The summed E-state index contributed by atoms with van der Waals surface area (Å²) in [5.41, 5.74) is 11.6. The molecule has 2 aromatic rings. The second-order valence-corrected chi connectivity index (χ2v) is 5.77. The van der Waals surface area contributed by atoms with Gasteiger partial charge < -0.3 is 10.6 Å². The number of nitrogens with two attached hydrogens (primary N) is 1. The molecule has 3 rings (SSSR count). The summed E-state index contributed by atoms with van der Waals surface area (Å²) in [6, 6.07) is 18.0. The number of rotatable bonds is 4. The van der Waals surface area contributed by atoms with E-state index in [0.29, 0.717) is 6.54 Å². The Kier molecular flexibility index (Phi) is 4.26. The van der Waals surface area contributed by atoms with Gasteiger partial charge in [-0.25, -0.2) is 0 Å². The first-order valence-electron chi connectivity index (χ1n) is 7.97. The van der Waals surface area contributed by atoms with E-state index in [2.05, 4.69) is 60.4 Å². The van der Waals surface area contributed by atoms with Crippen molar-refractivity contribution in [2.45, 2.75) is 32.2 Å². The van der Waals surface area contributed by atoms with Crippen LogP contribution in [0.4, 0.5) is 5.69 Å². The lowest BCUT2D eigenvalue weighted by atomic mass is 9.96. The highest BCUT2D eigenvalue weighted by atomic mass is 15.2. The van der Waals surface area contributed by atoms with Crippen LogP contribution in [0.5, 0.6) is 0 Å². The number of para-hydroxylation sites is 1. The molecule has 2 aromatic carbocycles. The maximum absolute atomic E-state index is 6.12. The van der Waals surface area contributed by atoms with Gasteiger partial charge in [-0.2, -0.15) is 0 Å². The fraction of sp³-hybridized carbons (Fsp3) is 0.368. The molecule has 0 aromatic heterocycles. The predicted molar refractivity (Wildman–Crippen MR) is 89.7 cm³/mol. The third-order valence-corrected chi connectivity index (χ3v) is 4.52. The van der Waals surface area contributed by atoms with E-state index in [1.165, 1.54) is 35.2 Å². The van der Waals surface area contributed by atoms with Crippen LogP contribution >= 0.6 is 0 Å². The number of nitrogens with zero attached hydrogens (tertiary/aromatic N) is 1. The molecule has 0 aliphatic carbocycles. The quantitative estimate of drug-likeness (QED) is 0.925. The maximum Gasteiger partial charge on any atom is 0.0664 e. The van der Waals surface area contributed by atoms with Gasteiger partial charge in [-0.05, 0) is 42.0 Å². The molecule has 1 aliphatic rings. The summed E-state index contributed by atoms with van der Waals surface area (Å²) in [5.74, 6) is 0. The standard InChI is InChI=1S/C19H24N2/c1-2-15-9-11-17(12-10-15)19(14-20)21-13-5-7-16-6-3-4-8-18(16)21/h3-4,6,8-12,19H,2,5,7,13-14,20H2,1H3. The third-order valence-electron chi connectivity index (χ3n) is 4.52. The molecule has 1 aliphatic heterocycles. The molecule has 2 nitrogen and oxygen atoms in total. The van der Waals surface area contributed by atoms with Gasteiger partial charge in [0, 0.05) is 18.8 Å². The molecule has 0 amide bonds. The van der Waals surface area contributed by atoms with Gasteiger partial charge in [0.05, 0.1) is 6.04 Å². The van der Waals surface area contributed by atoms with Crippen LogP contribution in [-0.4, -0.2) is 13.1 Å². The Hall–Kier alpha value is -1.80. The highest BCUT2D eigenvalue weighted by Crippen LogP contribution is 2.33. The number of fused-ring (bicyclic) bond motifs is 1. The molecule has 1 heterocycles. The van der Waals surface area contributed by atoms with Gasteiger partial charge >= 0.3 is 0 Å². The number of hydrogen-bond donors (Lipinski definition) is 1. The molecule has 0 fully saturated rings. The number of anilines is 1. The summed E-state index contributed by atoms with van der Waals surface area (Å²) in [4.78, 5) is 2.49. The van der Waals surface area contributed by atoms with E-state index in [-0.39, 0.29) is 6.04 Å². The number of benzene rings is 2. The molecule has 2 heteroatoms. The second-order valence-electron chi connectivity index (χ2n) is 5.77. The van der Waals surface area contributed by atoms with Crippen LogP contribution in [0.15, 0.2) is 48.5 Å². The molecule has 1 unspecified atom stereocenters. The first kappa shape index (κ1) is 14.2. The second kappa shape index (κ2) is 6.31. The molecule has 1 atom stereocenters. The van der Waals surface area contributed by atoms with Crippen LogP contribution in [0.25, 0.3) is 0 Å². The van der Waals surface area contributed by atoms with E-state index < -0.39 is 0 Å². The van der Waals surface area contributed by atoms with Gasteiger partial charge in [-0.3, -0.25) is 0 Å². The zero-order chi connectivity index (χ0) is 14.7. The van der Waals surface area contributed by atoms with E-state index in [9.17, 15) is 0 Å². The van der Waals surface area contributed by atoms with Crippen molar-refractivity contribution >= 4 is 5.69 Å². The average molecular weight is 280 g/mol. The first-order chi connectivity index (χ1) is 10.3. The molecule has 0 bridgehead atoms. The van der Waals surface area contributed by atoms with E-state index in [0.717, 1.165) is 13.0 Å². The van der Waals surface area contributed by atoms with Gasteiger partial charge in [0.1, 0.15) is 0 Å². The molecule has 0 radical (unpaired) electrons. The van der Waals surface area contributed by atoms with Crippen molar-refractivity contribution in [1.82, 2.24) is 0 Å². The van der Waals surface area contributed by atoms with Crippen LogP contribution in [0.1, 0.15) is 36.1 Å². The van der Waals surface area contributed by atoms with Crippen molar-refractivity contribution in [1.29, 1.82) is 0 Å². The Bertz CT molecular complexity index is 589. The fourth-order valence-corrected chi connectivity index (χ4v) is 3.31. The molecule has 0 spiro atoms. The number of hydrogen-bond acceptors (Lipinski definition) is 2.